The van der Waals surface area contributed by atoms with E-state index in [0.29, 0.717) is 0 Å². The Bertz CT molecular complexity index is 55.9. The molecule has 0 bridgehead atoms. The maximum absolute atomic E-state index is 5.09. The average Bonchev–Trinajstić information content (AvgIpc) is 1.61. The van der Waals surface area contributed by atoms with Gasteiger partial charge in [0, 0.05) is 5.54 Å². The summed E-state index contributed by atoms with van der Waals surface area (Å²) in [5.74, 6) is 0. The van der Waals surface area contributed by atoms with Gasteiger partial charge in [0.1, 0.15) is 0 Å². The van der Waals surface area contributed by atoms with E-state index in [1.165, 1.54) is 11.7 Å². The molecule has 0 unspecified atom stereocenters. The van der Waals surface area contributed by atoms with E-state index in [-0.39, 0.29) is 0 Å². The van der Waals surface area contributed by atoms with Gasteiger partial charge < -0.3 is 5.73 Å². The van der Waals surface area contributed by atoms with E-state index in [1.807, 2.05) is 0 Å². The first kappa shape index (κ1) is 5.57. The van der Waals surface area contributed by atoms with Crippen molar-refractivity contribution in [3.63, 3.8) is 0 Å². The Morgan fingerprint density at radius 2 is 2.00 bits per heavy atom. The molecule has 0 aromatic carbocycles. The van der Waals surface area contributed by atoms with Crippen molar-refractivity contribution >= 4 is 11.6 Å². The van der Waals surface area contributed by atoms with E-state index in [1.54, 1.807) is 12.2 Å². The Hall–Kier alpha value is -0.430. The number of hydrogen-bond acceptors (Lipinski definition) is 1. The third-order valence-corrected chi connectivity index (χ3v) is 0.440. The highest BCUT2D eigenvalue weighted by molar-refractivity contribution is 6.25. The largest absolute Gasteiger partial charge is 0.405 e. The standard InChI is InChI=1S/C4H6ClN/c5-3-1-2-4-6/h1-4H,6H2/b3-1+,4-2+. The highest BCUT2D eigenvalue weighted by Crippen LogP contribution is 1.76. The van der Waals surface area contributed by atoms with Crippen LogP contribution < -0.4 is 5.73 Å². The van der Waals surface area contributed by atoms with Crippen molar-refractivity contribution in [3.8, 4) is 0 Å². The third kappa shape index (κ3) is 3.57. The van der Waals surface area contributed by atoms with Crippen LogP contribution in [0.15, 0.2) is 23.9 Å². The Morgan fingerprint density at radius 3 is 2.17 bits per heavy atom. The first-order valence-corrected chi connectivity index (χ1v) is 1.99. The second-order valence-corrected chi connectivity index (χ2v) is 0.955. The smallest absolute Gasteiger partial charge is 0.00429 e. The topological polar surface area (TPSA) is 26.0 Å². The molecule has 2 heteroatoms. The molecular weight excluding hydrogens is 97.5 g/mol. The van der Waals surface area contributed by atoms with Crippen molar-refractivity contribution in [1.29, 1.82) is 0 Å². The molecule has 0 rings (SSSR count). The summed E-state index contributed by atoms with van der Waals surface area (Å²) in [6.07, 6.45) is 4.70. The molecule has 0 atom stereocenters. The van der Waals surface area contributed by atoms with Gasteiger partial charge in [-0.25, -0.2) is 0 Å². The average molecular weight is 104 g/mol. The van der Waals surface area contributed by atoms with Crippen molar-refractivity contribution in [2.75, 3.05) is 0 Å². The van der Waals surface area contributed by atoms with E-state index in [4.69, 9.17) is 17.3 Å². The lowest BCUT2D eigenvalue weighted by Gasteiger charge is -1.62. The van der Waals surface area contributed by atoms with Gasteiger partial charge in [0.15, 0.2) is 0 Å². The van der Waals surface area contributed by atoms with Crippen LogP contribution >= 0.6 is 11.6 Å². The summed E-state index contributed by atoms with van der Waals surface area (Å²) in [6, 6.07) is 0. The minimum Gasteiger partial charge on any atom is -0.405 e. The fraction of sp³-hybridized carbons (Fsp3) is 0. The van der Waals surface area contributed by atoms with Crippen molar-refractivity contribution in [1.82, 2.24) is 0 Å². The SMILES string of the molecule is N/C=C/C=C/Cl. The van der Waals surface area contributed by atoms with Gasteiger partial charge in [-0.15, -0.1) is 0 Å². The zero-order valence-corrected chi connectivity index (χ0v) is 4.02. The van der Waals surface area contributed by atoms with Crippen LogP contribution in [0, 0.1) is 0 Å². The number of nitrogens with two attached hydrogens (primary N) is 1. The van der Waals surface area contributed by atoms with Gasteiger partial charge in [-0.05, 0) is 18.4 Å². The van der Waals surface area contributed by atoms with Gasteiger partial charge >= 0.3 is 0 Å². The van der Waals surface area contributed by atoms with Crippen LogP contribution in [0.25, 0.3) is 0 Å². The molecule has 1 nitrogen and oxygen atoms in total. The molecule has 0 saturated carbocycles. The second-order valence-electron chi connectivity index (χ2n) is 0.703. The first-order valence-electron chi connectivity index (χ1n) is 1.55. The molecule has 0 amide bonds. The molecule has 0 heterocycles. The summed E-state index contributed by atoms with van der Waals surface area (Å²) < 4.78 is 0. The summed E-state index contributed by atoms with van der Waals surface area (Å²) >= 11 is 5.09. The zero-order chi connectivity index (χ0) is 4.83. The van der Waals surface area contributed by atoms with Crippen LogP contribution in [0.2, 0.25) is 0 Å². The predicted molar refractivity (Wildman–Crippen MR) is 28.3 cm³/mol. The Labute approximate surface area is 42.1 Å². The van der Waals surface area contributed by atoms with Gasteiger partial charge in [-0.1, -0.05) is 11.6 Å². The van der Waals surface area contributed by atoms with Crippen LogP contribution in [0.5, 0.6) is 0 Å². The monoisotopic (exact) mass is 103 g/mol. The zero-order valence-electron chi connectivity index (χ0n) is 3.26. The van der Waals surface area contributed by atoms with Crippen molar-refractivity contribution in [2.45, 2.75) is 0 Å². The lowest BCUT2D eigenvalue weighted by molar-refractivity contribution is 1.60. The van der Waals surface area contributed by atoms with Crippen LogP contribution in [-0.2, 0) is 0 Å². The molecule has 2 N–H and O–H groups in total. The summed E-state index contributed by atoms with van der Waals surface area (Å²) in [5, 5.41) is 0. The molecule has 0 aliphatic heterocycles. The summed E-state index contributed by atoms with van der Waals surface area (Å²) in [5.41, 5.74) is 6.32. The Balaban J connectivity index is 3.07. The van der Waals surface area contributed by atoms with Crippen molar-refractivity contribution in [2.24, 2.45) is 5.73 Å². The minimum absolute atomic E-state index is 1.39. The van der Waals surface area contributed by atoms with Crippen LogP contribution in [0.4, 0.5) is 0 Å². The molecule has 6 heavy (non-hydrogen) atoms. The van der Waals surface area contributed by atoms with Gasteiger partial charge in [0.2, 0.25) is 0 Å². The number of halogens is 1. The molecule has 0 aromatic heterocycles. The van der Waals surface area contributed by atoms with E-state index in [0.717, 1.165) is 0 Å². The van der Waals surface area contributed by atoms with Crippen LogP contribution in [0.1, 0.15) is 0 Å². The summed E-state index contributed by atoms with van der Waals surface area (Å²) in [7, 11) is 0. The summed E-state index contributed by atoms with van der Waals surface area (Å²) in [4.78, 5) is 0. The highest BCUT2D eigenvalue weighted by atomic mass is 35.5. The van der Waals surface area contributed by atoms with Crippen LogP contribution in [0.3, 0.4) is 0 Å². The number of hydrogen-bond donors (Lipinski definition) is 1. The molecular formula is C4H6ClN. The van der Waals surface area contributed by atoms with E-state index >= 15 is 0 Å². The van der Waals surface area contributed by atoms with Crippen molar-refractivity contribution < 1.29 is 0 Å². The molecule has 0 radical (unpaired) electrons. The fourth-order valence-corrected chi connectivity index (χ4v) is 0.190. The normalized spacial score (nSPS) is 11.5. The molecule has 0 spiro atoms. The lowest BCUT2D eigenvalue weighted by Crippen LogP contribution is -1.71. The number of rotatable bonds is 1. The molecule has 0 fully saturated rings. The van der Waals surface area contributed by atoms with E-state index in [9.17, 15) is 0 Å². The molecule has 0 aliphatic carbocycles. The Kier molecular flexibility index (Phi) is 4.24. The maximum atomic E-state index is 5.09. The lowest BCUT2D eigenvalue weighted by atomic mass is 10.6. The van der Waals surface area contributed by atoms with Crippen LogP contribution in [-0.4, -0.2) is 0 Å². The fourth-order valence-electron chi connectivity index (χ4n) is 0.106. The number of allylic oxidation sites excluding steroid dienone is 2. The van der Waals surface area contributed by atoms with Gasteiger partial charge in [0.25, 0.3) is 0 Å². The molecule has 0 saturated heterocycles. The van der Waals surface area contributed by atoms with Gasteiger partial charge in [-0.3, -0.25) is 0 Å². The highest BCUT2D eigenvalue weighted by Gasteiger charge is 1.50. The molecule has 0 aliphatic rings. The molecule has 0 aromatic rings. The second kappa shape index (κ2) is 4.57. The van der Waals surface area contributed by atoms with Gasteiger partial charge in [0.05, 0.1) is 0 Å². The molecule has 34 valence electrons. The predicted octanol–water partition coefficient (Wildman–Crippen LogP) is 1.21. The summed E-state index contributed by atoms with van der Waals surface area (Å²) in [6.45, 7) is 0. The third-order valence-electron chi connectivity index (χ3n) is 0.295. The Morgan fingerprint density at radius 1 is 1.33 bits per heavy atom. The first-order chi connectivity index (χ1) is 2.91. The minimum atomic E-state index is 1.39. The van der Waals surface area contributed by atoms with E-state index in [2.05, 4.69) is 0 Å². The quantitative estimate of drug-likeness (QED) is 0.496. The maximum Gasteiger partial charge on any atom is 0.00429 e. The van der Waals surface area contributed by atoms with E-state index < -0.39 is 0 Å². The van der Waals surface area contributed by atoms with Gasteiger partial charge in [-0.2, -0.15) is 0 Å². The van der Waals surface area contributed by atoms with Crippen molar-refractivity contribution in [3.05, 3.63) is 23.9 Å².